The summed E-state index contributed by atoms with van der Waals surface area (Å²) in [4.78, 5) is 21.6. The average molecular weight is 355 g/mol. The summed E-state index contributed by atoms with van der Waals surface area (Å²) in [6.45, 7) is 3.55. The number of hydrogen-bond acceptors (Lipinski definition) is 2. The maximum Gasteiger partial charge on any atom is 0.321 e. The largest absolute Gasteiger partial charge is 0.346 e. The van der Waals surface area contributed by atoms with Gasteiger partial charge in [0.05, 0.1) is 5.02 Å². The number of aryl methyl sites for hydroxylation is 1. The Morgan fingerprint density at radius 3 is 3.04 bits per heavy atom. The van der Waals surface area contributed by atoms with Crippen molar-refractivity contribution in [1.82, 2.24) is 15.3 Å². The summed E-state index contributed by atoms with van der Waals surface area (Å²) < 4.78 is 0. The van der Waals surface area contributed by atoms with Gasteiger partial charge in [-0.3, -0.25) is 4.90 Å². The molecule has 0 saturated carbocycles. The molecule has 3 aromatic rings. The number of amides is 2. The molecule has 1 saturated heterocycles. The molecule has 25 heavy (non-hydrogen) atoms. The van der Waals surface area contributed by atoms with Crippen molar-refractivity contribution in [2.75, 3.05) is 18.0 Å². The van der Waals surface area contributed by atoms with Crippen LogP contribution in [-0.4, -0.2) is 29.1 Å². The van der Waals surface area contributed by atoms with Gasteiger partial charge >= 0.3 is 6.03 Å². The highest BCUT2D eigenvalue weighted by molar-refractivity contribution is 6.38. The third-order valence-electron chi connectivity index (χ3n) is 4.65. The Bertz CT molecular complexity index is 950. The average Bonchev–Trinajstić information content (AvgIpc) is 3.07. The van der Waals surface area contributed by atoms with Crippen molar-refractivity contribution >= 4 is 34.4 Å². The van der Waals surface area contributed by atoms with E-state index in [1.807, 2.05) is 30.5 Å². The molecule has 1 aliphatic rings. The van der Waals surface area contributed by atoms with Gasteiger partial charge in [-0.05, 0) is 36.1 Å². The zero-order valence-electron chi connectivity index (χ0n) is 14.0. The van der Waals surface area contributed by atoms with Crippen LogP contribution in [0.4, 0.5) is 10.5 Å². The summed E-state index contributed by atoms with van der Waals surface area (Å²) in [7, 11) is 0. The maximum atomic E-state index is 12.1. The van der Waals surface area contributed by atoms with E-state index >= 15 is 0 Å². The first-order valence-electron chi connectivity index (χ1n) is 8.49. The number of anilines is 1. The number of urea groups is 1. The highest BCUT2D eigenvalue weighted by Crippen LogP contribution is 2.36. The smallest absolute Gasteiger partial charge is 0.321 e. The van der Waals surface area contributed by atoms with E-state index in [2.05, 4.69) is 22.2 Å². The van der Waals surface area contributed by atoms with Crippen molar-refractivity contribution in [2.24, 2.45) is 0 Å². The Hall–Kier alpha value is -2.53. The maximum absolute atomic E-state index is 12.1. The molecule has 0 unspecified atom stereocenters. The van der Waals surface area contributed by atoms with E-state index < -0.39 is 0 Å². The standard InChI is InChI=1S/C19H19ClN4O/c1-2-12-10-22-18-16(12)17(20)15(11-23-18)13-5-3-6-14(9-13)24-8-4-7-21-19(24)25/h3,5-6,9-11H,2,4,7-8H2,1H3,(H,21,25)(H,22,23). The topological polar surface area (TPSA) is 61.0 Å². The summed E-state index contributed by atoms with van der Waals surface area (Å²) in [6.07, 6.45) is 5.57. The quantitative estimate of drug-likeness (QED) is 0.733. The zero-order valence-corrected chi connectivity index (χ0v) is 14.7. The summed E-state index contributed by atoms with van der Waals surface area (Å²) in [5, 5.41) is 4.55. The summed E-state index contributed by atoms with van der Waals surface area (Å²) in [5.41, 5.74) is 4.66. The number of aromatic nitrogens is 2. The lowest BCUT2D eigenvalue weighted by Crippen LogP contribution is -2.46. The van der Waals surface area contributed by atoms with E-state index in [-0.39, 0.29) is 6.03 Å². The molecule has 5 nitrogen and oxygen atoms in total. The molecule has 128 valence electrons. The second-order valence-electron chi connectivity index (χ2n) is 6.16. The minimum atomic E-state index is -0.0537. The molecule has 2 N–H and O–H groups in total. The predicted molar refractivity (Wildman–Crippen MR) is 101 cm³/mol. The lowest BCUT2D eigenvalue weighted by molar-refractivity contribution is 0.243. The van der Waals surface area contributed by atoms with Crippen LogP contribution in [0.3, 0.4) is 0 Å². The predicted octanol–water partition coefficient (Wildman–Crippen LogP) is 4.37. The first-order valence-corrected chi connectivity index (χ1v) is 8.87. The second-order valence-corrected chi connectivity index (χ2v) is 6.54. The first kappa shape index (κ1) is 16.0. The van der Waals surface area contributed by atoms with Gasteiger partial charge in [0.15, 0.2) is 0 Å². The van der Waals surface area contributed by atoms with Crippen LogP contribution in [0.15, 0.2) is 36.7 Å². The number of aromatic amines is 1. The number of benzene rings is 1. The molecule has 0 bridgehead atoms. The fourth-order valence-electron chi connectivity index (χ4n) is 3.32. The van der Waals surface area contributed by atoms with E-state index in [1.54, 1.807) is 11.1 Å². The van der Waals surface area contributed by atoms with Gasteiger partial charge in [-0.15, -0.1) is 0 Å². The Kier molecular flexibility index (Phi) is 4.09. The zero-order chi connectivity index (χ0) is 17.4. The Balaban J connectivity index is 1.80. The molecule has 2 amide bonds. The van der Waals surface area contributed by atoms with Gasteiger partial charge in [-0.2, -0.15) is 0 Å². The molecule has 0 spiro atoms. The molecule has 4 rings (SSSR count). The molecule has 2 aromatic heterocycles. The van der Waals surface area contributed by atoms with E-state index in [4.69, 9.17) is 11.6 Å². The molecule has 1 aromatic carbocycles. The first-order chi connectivity index (χ1) is 12.2. The van der Waals surface area contributed by atoms with E-state index in [1.165, 1.54) is 0 Å². The molecular weight excluding hydrogens is 336 g/mol. The molecule has 3 heterocycles. The monoisotopic (exact) mass is 354 g/mol. The number of fused-ring (bicyclic) bond motifs is 1. The molecule has 6 heteroatoms. The van der Waals surface area contributed by atoms with Crippen molar-refractivity contribution in [3.05, 3.63) is 47.2 Å². The van der Waals surface area contributed by atoms with Gasteiger partial charge in [-0.25, -0.2) is 9.78 Å². The summed E-state index contributed by atoms with van der Waals surface area (Å²) in [5.74, 6) is 0. The van der Waals surface area contributed by atoms with Gasteiger partial charge in [0.25, 0.3) is 0 Å². The normalized spacial score (nSPS) is 14.8. The highest BCUT2D eigenvalue weighted by Gasteiger charge is 2.20. The summed E-state index contributed by atoms with van der Waals surface area (Å²) in [6, 6.07) is 7.84. The number of carbonyl (C=O) groups excluding carboxylic acids is 1. The number of halogens is 1. The van der Waals surface area contributed by atoms with Crippen LogP contribution < -0.4 is 10.2 Å². The van der Waals surface area contributed by atoms with Crippen LogP contribution in [0.5, 0.6) is 0 Å². The van der Waals surface area contributed by atoms with Crippen molar-refractivity contribution in [1.29, 1.82) is 0 Å². The fraction of sp³-hybridized carbons (Fsp3) is 0.263. The van der Waals surface area contributed by atoms with Crippen molar-refractivity contribution in [3.8, 4) is 11.1 Å². The SMILES string of the molecule is CCc1c[nH]c2ncc(-c3cccc(N4CCCNC4=O)c3)c(Cl)c12. The van der Waals surface area contributed by atoms with Crippen LogP contribution in [0, 0.1) is 0 Å². The number of hydrogen-bond donors (Lipinski definition) is 2. The molecular formula is C19H19ClN4O. The lowest BCUT2D eigenvalue weighted by atomic mass is 10.0. The van der Waals surface area contributed by atoms with E-state index in [0.717, 1.165) is 59.3 Å². The molecule has 1 aliphatic heterocycles. The lowest BCUT2D eigenvalue weighted by Gasteiger charge is -2.27. The third-order valence-corrected chi connectivity index (χ3v) is 5.04. The second kappa shape index (κ2) is 6.41. The third kappa shape index (κ3) is 2.74. The minimum absolute atomic E-state index is 0.0537. The van der Waals surface area contributed by atoms with E-state index in [0.29, 0.717) is 5.02 Å². The Morgan fingerprint density at radius 1 is 1.36 bits per heavy atom. The molecule has 0 radical (unpaired) electrons. The number of pyridine rings is 1. The van der Waals surface area contributed by atoms with Crippen LogP contribution in [0.2, 0.25) is 5.02 Å². The van der Waals surface area contributed by atoms with Crippen molar-refractivity contribution < 1.29 is 4.79 Å². The number of nitrogens with zero attached hydrogens (tertiary/aromatic N) is 2. The van der Waals surface area contributed by atoms with Crippen LogP contribution in [0.25, 0.3) is 22.2 Å². The molecule has 1 fully saturated rings. The van der Waals surface area contributed by atoms with Gasteiger partial charge in [-0.1, -0.05) is 30.7 Å². The fourth-order valence-corrected chi connectivity index (χ4v) is 3.69. The number of carbonyl (C=O) groups is 1. The van der Waals surface area contributed by atoms with Crippen molar-refractivity contribution in [2.45, 2.75) is 19.8 Å². The van der Waals surface area contributed by atoms with Crippen molar-refractivity contribution in [3.63, 3.8) is 0 Å². The van der Waals surface area contributed by atoms with Gasteiger partial charge < -0.3 is 10.3 Å². The highest BCUT2D eigenvalue weighted by atomic mass is 35.5. The number of H-pyrrole nitrogens is 1. The van der Waals surface area contributed by atoms with Gasteiger partial charge in [0, 0.05) is 42.1 Å². The van der Waals surface area contributed by atoms with Crippen LogP contribution in [-0.2, 0) is 6.42 Å². The van der Waals surface area contributed by atoms with Gasteiger partial charge in [0.2, 0.25) is 0 Å². The minimum Gasteiger partial charge on any atom is -0.346 e. The van der Waals surface area contributed by atoms with Crippen LogP contribution >= 0.6 is 11.6 Å². The Morgan fingerprint density at radius 2 is 2.24 bits per heavy atom. The van der Waals surface area contributed by atoms with E-state index in [9.17, 15) is 4.79 Å². The van der Waals surface area contributed by atoms with Crippen LogP contribution in [0.1, 0.15) is 18.9 Å². The molecule has 0 atom stereocenters. The Labute approximate surface area is 151 Å². The van der Waals surface area contributed by atoms with Gasteiger partial charge in [0.1, 0.15) is 5.65 Å². The molecule has 0 aliphatic carbocycles. The number of nitrogens with one attached hydrogen (secondary N) is 2. The number of rotatable bonds is 3. The summed E-state index contributed by atoms with van der Waals surface area (Å²) >= 11 is 6.72.